The predicted octanol–water partition coefficient (Wildman–Crippen LogP) is 3.07. The van der Waals surface area contributed by atoms with Gasteiger partial charge in [-0.1, -0.05) is 6.07 Å². The van der Waals surface area contributed by atoms with Crippen molar-refractivity contribution in [2.24, 2.45) is 0 Å². The molecule has 19 heavy (non-hydrogen) atoms. The number of hydrogen-bond acceptors (Lipinski definition) is 5. The lowest BCUT2D eigenvalue weighted by atomic mass is 10.0. The molecule has 94 valence electrons. The molecule has 0 amide bonds. The van der Waals surface area contributed by atoms with E-state index >= 15 is 0 Å². The molecule has 2 aromatic rings. The van der Waals surface area contributed by atoms with Crippen LogP contribution >= 0.6 is 11.8 Å². The fraction of sp³-hybridized carbons (Fsp3) is 0.214. The largest absolute Gasteiger partial charge is 0.261 e. The van der Waals surface area contributed by atoms with Crippen molar-refractivity contribution in [2.45, 2.75) is 17.7 Å². The van der Waals surface area contributed by atoms with E-state index in [9.17, 15) is 0 Å². The Bertz CT molecular complexity index is 631. The fourth-order valence-electron chi connectivity index (χ4n) is 2.13. The number of benzene rings is 1. The highest BCUT2D eigenvalue weighted by molar-refractivity contribution is 7.99. The SMILES string of the molecule is N#CNc1ncc(-c2ccc3c(c2)CCCS3)cn1. The number of aromatic nitrogens is 2. The summed E-state index contributed by atoms with van der Waals surface area (Å²) < 4.78 is 0. The van der Waals surface area contributed by atoms with Crippen molar-refractivity contribution in [1.82, 2.24) is 9.97 Å². The number of nitrogens with zero attached hydrogens (tertiary/aromatic N) is 3. The van der Waals surface area contributed by atoms with E-state index in [4.69, 9.17) is 5.26 Å². The highest BCUT2D eigenvalue weighted by atomic mass is 32.2. The lowest BCUT2D eigenvalue weighted by Gasteiger charge is -2.16. The first-order valence-corrected chi connectivity index (χ1v) is 7.08. The minimum absolute atomic E-state index is 0.333. The Kier molecular flexibility index (Phi) is 3.34. The van der Waals surface area contributed by atoms with Gasteiger partial charge >= 0.3 is 0 Å². The van der Waals surface area contributed by atoms with Gasteiger partial charge in [0.1, 0.15) is 0 Å². The molecule has 1 N–H and O–H groups in total. The van der Waals surface area contributed by atoms with Crippen LogP contribution in [0.25, 0.3) is 11.1 Å². The van der Waals surface area contributed by atoms with Crippen molar-refractivity contribution in [3.63, 3.8) is 0 Å². The summed E-state index contributed by atoms with van der Waals surface area (Å²) in [4.78, 5) is 9.60. The van der Waals surface area contributed by atoms with E-state index in [2.05, 4.69) is 33.5 Å². The van der Waals surface area contributed by atoms with E-state index in [1.54, 1.807) is 18.6 Å². The third-order valence-corrected chi connectivity index (χ3v) is 4.26. The zero-order chi connectivity index (χ0) is 13.1. The number of rotatable bonds is 2. The van der Waals surface area contributed by atoms with E-state index in [-0.39, 0.29) is 0 Å². The maximum atomic E-state index is 8.50. The van der Waals surface area contributed by atoms with Crippen molar-refractivity contribution in [1.29, 1.82) is 5.26 Å². The maximum absolute atomic E-state index is 8.50. The molecule has 0 radical (unpaired) electrons. The summed E-state index contributed by atoms with van der Waals surface area (Å²) in [6.45, 7) is 0. The number of hydrogen-bond donors (Lipinski definition) is 1. The Morgan fingerprint density at radius 1 is 1.21 bits per heavy atom. The molecule has 2 heterocycles. The van der Waals surface area contributed by atoms with E-state index < -0.39 is 0 Å². The van der Waals surface area contributed by atoms with E-state index in [1.807, 2.05) is 11.8 Å². The third kappa shape index (κ3) is 2.54. The quantitative estimate of drug-likeness (QED) is 0.670. The number of nitrogens with one attached hydrogen (secondary N) is 1. The van der Waals surface area contributed by atoms with Gasteiger partial charge in [0.05, 0.1) is 0 Å². The zero-order valence-electron chi connectivity index (χ0n) is 10.3. The molecular weight excluding hydrogens is 256 g/mol. The van der Waals surface area contributed by atoms with Gasteiger partial charge in [0.25, 0.3) is 0 Å². The highest BCUT2D eigenvalue weighted by Gasteiger charge is 2.11. The van der Waals surface area contributed by atoms with Crippen molar-refractivity contribution in [3.8, 4) is 17.3 Å². The summed E-state index contributed by atoms with van der Waals surface area (Å²) in [5.41, 5.74) is 3.51. The van der Waals surface area contributed by atoms with Gasteiger partial charge in [0, 0.05) is 22.9 Å². The monoisotopic (exact) mass is 268 g/mol. The maximum Gasteiger partial charge on any atom is 0.236 e. The van der Waals surface area contributed by atoms with Crippen molar-refractivity contribution < 1.29 is 0 Å². The van der Waals surface area contributed by atoms with Gasteiger partial charge in [-0.3, -0.25) is 5.32 Å². The van der Waals surface area contributed by atoms with E-state index in [1.165, 1.54) is 22.6 Å². The van der Waals surface area contributed by atoms with Crippen LogP contribution in [0.2, 0.25) is 0 Å². The molecule has 1 aliphatic rings. The molecule has 0 spiro atoms. The normalized spacial score (nSPS) is 13.4. The summed E-state index contributed by atoms with van der Waals surface area (Å²) in [5, 5.41) is 10.9. The first-order valence-electron chi connectivity index (χ1n) is 6.10. The second-order valence-corrected chi connectivity index (χ2v) is 5.44. The molecule has 4 nitrogen and oxygen atoms in total. The van der Waals surface area contributed by atoms with Crippen LogP contribution in [-0.2, 0) is 6.42 Å². The third-order valence-electron chi connectivity index (χ3n) is 3.06. The Morgan fingerprint density at radius 2 is 2.05 bits per heavy atom. The fourth-order valence-corrected chi connectivity index (χ4v) is 3.15. The molecule has 1 aliphatic heterocycles. The summed E-state index contributed by atoms with van der Waals surface area (Å²) in [7, 11) is 0. The van der Waals surface area contributed by atoms with Crippen LogP contribution in [0.4, 0.5) is 5.95 Å². The number of thioether (sulfide) groups is 1. The Hall–Kier alpha value is -2.06. The molecule has 0 saturated heterocycles. The molecule has 0 atom stereocenters. The van der Waals surface area contributed by atoms with Gasteiger partial charge in [-0.05, 0) is 41.9 Å². The van der Waals surface area contributed by atoms with Crippen LogP contribution in [0.3, 0.4) is 0 Å². The average molecular weight is 268 g/mol. The Morgan fingerprint density at radius 3 is 2.84 bits per heavy atom. The highest BCUT2D eigenvalue weighted by Crippen LogP contribution is 2.32. The predicted molar refractivity (Wildman–Crippen MR) is 75.7 cm³/mol. The molecule has 1 aromatic carbocycles. The Labute approximate surface area is 115 Å². The van der Waals surface area contributed by atoms with Gasteiger partial charge in [-0.15, -0.1) is 11.8 Å². The minimum Gasteiger partial charge on any atom is -0.261 e. The molecule has 0 saturated carbocycles. The van der Waals surface area contributed by atoms with Crippen molar-refractivity contribution in [2.75, 3.05) is 11.1 Å². The molecule has 1 aromatic heterocycles. The van der Waals surface area contributed by atoms with Gasteiger partial charge < -0.3 is 0 Å². The van der Waals surface area contributed by atoms with Crippen LogP contribution in [-0.4, -0.2) is 15.7 Å². The zero-order valence-corrected chi connectivity index (χ0v) is 11.1. The van der Waals surface area contributed by atoms with Gasteiger partial charge in [0.15, 0.2) is 6.19 Å². The Balaban J connectivity index is 1.91. The summed E-state index contributed by atoms with van der Waals surface area (Å²) in [5.74, 6) is 1.55. The minimum atomic E-state index is 0.333. The molecule has 0 fully saturated rings. The molecule has 3 rings (SSSR count). The summed E-state index contributed by atoms with van der Waals surface area (Å²) in [6.07, 6.45) is 7.67. The number of nitriles is 1. The van der Waals surface area contributed by atoms with Crippen molar-refractivity contribution >= 4 is 17.7 Å². The van der Waals surface area contributed by atoms with E-state index in [0.717, 1.165) is 17.5 Å². The second-order valence-electron chi connectivity index (χ2n) is 4.31. The summed E-state index contributed by atoms with van der Waals surface area (Å²) >= 11 is 1.92. The van der Waals surface area contributed by atoms with Crippen LogP contribution in [0.1, 0.15) is 12.0 Å². The first-order chi connectivity index (χ1) is 9.36. The van der Waals surface area contributed by atoms with Gasteiger partial charge in [-0.2, -0.15) is 5.26 Å². The average Bonchev–Trinajstić information content (AvgIpc) is 2.48. The second kappa shape index (κ2) is 5.29. The van der Waals surface area contributed by atoms with Crippen LogP contribution in [0.15, 0.2) is 35.5 Å². The van der Waals surface area contributed by atoms with Gasteiger partial charge in [-0.25, -0.2) is 9.97 Å². The van der Waals surface area contributed by atoms with Crippen LogP contribution in [0.5, 0.6) is 0 Å². The molecule has 5 heteroatoms. The number of anilines is 1. The molecule has 0 aliphatic carbocycles. The number of fused-ring (bicyclic) bond motifs is 1. The molecular formula is C14H12N4S. The molecule has 0 unspecified atom stereocenters. The van der Waals surface area contributed by atoms with Crippen LogP contribution < -0.4 is 5.32 Å². The van der Waals surface area contributed by atoms with Gasteiger partial charge in [0.2, 0.25) is 5.95 Å². The van der Waals surface area contributed by atoms with Crippen LogP contribution in [0, 0.1) is 11.5 Å². The smallest absolute Gasteiger partial charge is 0.236 e. The topological polar surface area (TPSA) is 61.6 Å². The lowest BCUT2D eigenvalue weighted by Crippen LogP contribution is -1.99. The first kappa shape index (κ1) is 12.0. The lowest BCUT2D eigenvalue weighted by molar-refractivity contribution is 0.890. The summed E-state index contributed by atoms with van der Waals surface area (Å²) in [6, 6.07) is 6.50. The van der Waals surface area contributed by atoms with E-state index in [0.29, 0.717) is 5.95 Å². The standard InChI is InChI=1S/C14H12N4S/c15-9-18-14-16-7-12(8-17-14)10-3-4-13-11(6-10)2-1-5-19-13/h3-4,6-8H,1-2,5H2,(H,16,17,18). The molecule has 0 bridgehead atoms. The van der Waals surface area contributed by atoms with Crippen molar-refractivity contribution in [3.05, 3.63) is 36.2 Å². The number of aryl methyl sites for hydroxylation is 1.